The highest BCUT2D eigenvalue weighted by Gasteiger charge is 2.21. The Morgan fingerprint density at radius 1 is 1.07 bits per heavy atom. The molecule has 0 atom stereocenters. The van der Waals surface area contributed by atoms with Crippen LogP contribution in [0, 0.1) is 5.82 Å². The molecule has 4 rings (SSSR count). The van der Waals surface area contributed by atoms with Gasteiger partial charge in [0.05, 0.1) is 12.0 Å². The molecule has 1 fully saturated rings. The molecule has 0 saturated carbocycles. The van der Waals surface area contributed by atoms with Gasteiger partial charge >= 0.3 is 0 Å². The van der Waals surface area contributed by atoms with Crippen LogP contribution in [0.25, 0.3) is 17.3 Å². The first-order valence-electron chi connectivity index (χ1n) is 9.02. The zero-order valence-electron chi connectivity index (χ0n) is 15.2. The number of aromatic nitrogens is 2. The number of piperazine rings is 1. The van der Waals surface area contributed by atoms with Gasteiger partial charge in [0.2, 0.25) is 5.91 Å². The molecule has 3 aromatic rings. The Kier molecular flexibility index (Phi) is 5.14. The Balaban J connectivity index is 1.39. The average Bonchev–Trinajstić information content (AvgIpc) is 3.26. The Labute approximate surface area is 161 Å². The van der Waals surface area contributed by atoms with Gasteiger partial charge in [0.15, 0.2) is 0 Å². The van der Waals surface area contributed by atoms with Gasteiger partial charge in [-0.25, -0.2) is 14.4 Å². The van der Waals surface area contributed by atoms with Gasteiger partial charge in [-0.3, -0.25) is 4.79 Å². The molecule has 1 saturated heterocycles. The van der Waals surface area contributed by atoms with Gasteiger partial charge in [-0.2, -0.15) is 0 Å². The molecule has 3 heterocycles. The maximum atomic E-state index is 13.1. The molecule has 0 radical (unpaired) electrons. The first-order chi connectivity index (χ1) is 13.7. The Morgan fingerprint density at radius 2 is 1.86 bits per heavy atom. The molecule has 28 heavy (non-hydrogen) atoms. The van der Waals surface area contributed by atoms with Gasteiger partial charge in [0.25, 0.3) is 0 Å². The predicted molar refractivity (Wildman–Crippen MR) is 104 cm³/mol. The van der Waals surface area contributed by atoms with E-state index in [2.05, 4.69) is 14.9 Å². The van der Waals surface area contributed by atoms with Crippen LogP contribution in [0.1, 0.15) is 5.76 Å². The van der Waals surface area contributed by atoms with Crippen LogP contribution in [-0.2, 0) is 4.79 Å². The van der Waals surface area contributed by atoms with E-state index < -0.39 is 0 Å². The normalized spacial score (nSPS) is 14.6. The Morgan fingerprint density at radius 3 is 2.57 bits per heavy atom. The summed E-state index contributed by atoms with van der Waals surface area (Å²) in [7, 11) is 0. The zero-order valence-corrected chi connectivity index (χ0v) is 15.2. The topological polar surface area (TPSA) is 62.5 Å². The van der Waals surface area contributed by atoms with Crippen LogP contribution in [0.4, 0.5) is 10.2 Å². The minimum Gasteiger partial charge on any atom is -0.465 e. The van der Waals surface area contributed by atoms with Crippen LogP contribution < -0.4 is 4.90 Å². The van der Waals surface area contributed by atoms with Crippen molar-refractivity contribution in [2.75, 3.05) is 31.1 Å². The third-order valence-electron chi connectivity index (χ3n) is 4.64. The number of benzene rings is 1. The van der Waals surface area contributed by atoms with Crippen molar-refractivity contribution in [3.8, 4) is 11.3 Å². The summed E-state index contributed by atoms with van der Waals surface area (Å²) >= 11 is 0. The fourth-order valence-electron chi connectivity index (χ4n) is 3.10. The number of furan rings is 1. The van der Waals surface area contributed by atoms with E-state index in [0.717, 1.165) is 17.1 Å². The zero-order chi connectivity index (χ0) is 19.3. The van der Waals surface area contributed by atoms with Gasteiger partial charge in [0.1, 0.15) is 23.7 Å². The molecule has 1 aromatic carbocycles. The number of amides is 1. The number of halogens is 1. The number of nitrogens with zero attached hydrogens (tertiary/aromatic N) is 4. The molecule has 7 heteroatoms. The molecular weight excluding hydrogens is 359 g/mol. The fourth-order valence-corrected chi connectivity index (χ4v) is 3.10. The van der Waals surface area contributed by atoms with Crippen molar-refractivity contribution >= 4 is 17.8 Å². The number of rotatable bonds is 4. The molecule has 0 bridgehead atoms. The van der Waals surface area contributed by atoms with E-state index in [4.69, 9.17) is 4.42 Å². The molecule has 1 aliphatic rings. The molecule has 6 nitrogen and oxygen atoms in total. The molecule has 0 unspecified atom stereocenters. The van der Waals surface area contributed by atoms with Crippen molar-refractivity contribution < 1.29 is 13.6 Å². The molecule has 0 N–H and O–H groups in total. The van der Waals surface area contributed by atoms with Crippen molar-refractivity contribution in [1.29, 1.82) is 0 Å². The number of anilines is 1. The van der Waals surface area contributed by atoms with Gasteiger partial charge in [-0.1, -0.05) is 0 Å². The summed E-state index contributed by atoms with van der Waals surface area (Å²) < 4.78 is 18.3. The van der Waals surface area contributed by atoms with Crippen molar-refractivity contribution in [3.05, 3.63) is 72.7 Å². The van der Waals surface area contributed by atoms with Crippen molar-refractivity contribution in [2.24, 2.45) is 0 Å². The summed E-state index contributed by atoms with van der Waals surface area (Å²) in [5.41, 5.74) is 1.58. The fraction of sp³-hybridized carbons (Fsp3) is 0.190. The minimum absolute atomic E-state index is 0.0364. The van der Waals surface area contributed by atoms with Crippen molar-refractivity contribution in [1.82, 2.24) is 14.9 Å². The maximum absolute atomic E-state index is 13.1. The van der Waals surface area contributed by atoms with Crippen LogP contribution >= 0.6 is 0 Å². The van der Waals surface area contributed by atoms with E-state index in [1.807, 2.05) is 6.07 Å². The van der Waals surface area contributed by atoms with Gasteiger partial charge in [-0.15, -0.1) is 0 Å². The Bertz CT molecular complexity index is 962. The summed E-state index contributed by atoms with van der Waals surface area (Å²) in [4.78, 5) is 24.9. The van der Waals surface area contributed by atoms with E-state index in [1.165, 1.54) is 24.5 Å². The van der Waals surface area contributed by atoms with Crippen molar-refractivity contribution in [3.63, 3.8) is 0 Å². The molecule has 1 amide bonds. The quantitative estimate of drug-likeness (QED) is 0.652. The highest BCUT2D eigenvalue weighted by Crippen LogP contribution is 2.22. The van der Waals surface area contributed by atoms with Crippen LogP contribution in [0.2, 0.25) is 0 Å². The monoisotopic (exact) mass is 378 g/mol. The first kappa shape index (κ1) is 17.9. The van der Waals surface area contributed by atoms with E-state index in [0.29, 0.717) is 31.9 Å². The highest BCUT2D eigenvalue weighted by atomic mass is 19.1. The summed E-state index contributed by atoms with van der Waals surface area (Å²) in [5, 5.41) is 0. The average molecular weight is 378 g/mol. The second-order valence-corrected chi connectivity index (χ2v) is 6.43. The summed E-state index contributed by atoms with van der Waals surface area (Å²) in [6.45, 7) is 2.58. The maximum Gasteiger partial charge on any atom is 0.246 e. The largest absolute Gasteiger partial charge is 0.465 e. The lowest BCUT2D eigenvalue weighted by Gasteiger charge is -2.35. The molecule has 0 aliphatic carbocycles. The third-order valence-corrected chi connectivity index (χ3v) is 4.64. The van der Waals surface area contributed by atoms with E-state index >= 15 is 0 Å². The summed E-state index contributed by atoms with van der Waals surface area (Å²) in [6.07, 6.45) is 6.29. The van der Waals surface area contributed by atoms with E-state index in [1.54, 1.807) is 41.5 Å². The van der Waals surface area contributed by atoms with Crippen molar-refractivity contribution in [2.45, 2.75) is 0 Å². The lowest BCUT2D eigenvalue weighted by molar-refractivity contribution is -0.126. The summed E-state index contributed by atoms with van der Waals surface area (Å²) in [6, 6.07) is 11.7. The molecule has 142 valence electrons. The predicted octanol–water partition coefficient (Wildman–Crippen LogP) is 3.24. The van der Waals surface area contributed by atoms with Gasteiger partial charge < -0.3 is 14.2 Å². The van der Waals surface area contributed by atoms with Crippen LogP contribution in [0.15, 0.2) is 65.5 Å². The van der Waals surface area contributed by atoms with Crippen LogP contribution in [-0.4, -0.2) is 47.0 Å². The first-order valence-corrected chi connectivity index (χ1v) is 9.02. The summed E-state index contributed by atoms with van der Waals surface area (Å²) in [5.74, 6) is 1.14. The number of carbonyl (C=O) groups excluding carboxylic acids is 1. The number of hydrogen-bond donors (Lipinski definition) is 0. The smallest absolute Gasteiger partial charge is 0.246 e. The van der Waals surface area contributed by atoms with E-state index in [9.17, 15) is 9.18 Å². The highest BCUT2D eigenvalue weighted by molar-refractivity contribution is 5.91. The molecule has 2 aromatic heterocycles. The van der Waals surface area contributed by atoms with E-state index in [-0.39, 0.29) is 11.7 Å². The second kappa shape index (κ2) is 8.04. The standard InChI is InChI=1S/C21H19FN4O2/c22-17-5-3-16(4-6-17)19-14-20(24-15-23-19)25-9-11-26(12-10-25)21(27)8-7-18-2-1-13-28-18/h1-8,13-15H,9-12H2/b8-7+. The lowest BCUT2D eigenvalue weighted by atomic mass is 10.1. The van der Waals surface area contributed by atoms with Gasteiger partial charge in [-0.05, 0) is 42.5 Å². The number of carbonyl (C=O) groups is 1. The molecule has 1 aliphatic heterocycles. The Hall–Kier alpha value is -3.48. The lowest BCUT2D eigenvalue weighted by Crippen LogP contribution is -2.48. The number of hydrogen-bond acceptors (Lipinski definition) is 5. The van der Waals surface area contributed by atoms with Gasteiger partial charge in [0, 0.05) is 43.9 Å². The minimum atomic E-state index is -0.278. The van der Waals surface area contributed by atoms with Crippen LogP contribution in [0.3, 0.4) is 0 Å². The second-order valence-electron chi connectivity index (χ2n) is 6.43. The molecule has 0 spiro atoms. The third kappa shape index (κ3) is 4.09. The SMILES string of the molecule is O=C(/C=C/c1ccco1)N1CCN(c2cc(-c3ccc(F)cc3)ncn2)CC1. The molecular formula is C21H19FN4O2. The van der Waals surface area contributed by atoms with Crippen LogP contribution in [0.5, 0.6) is 0 Å².